The first-order chi connectivity index (χ1) is 9.19. The van der Waals surface area contributed by atoms with E-state index in [-0.39, 0.29) is 5.91 Å². The Labute approximate surface area is 120 Å². The zero-order valence-electron chi connectivity index (χ0n) is 10.5. The summed E-state index contributed by atoms with van der Waals surface area (Å²) in [5, 5.41) is 5.90. The van der Waals surface area contributed by atoms with Gasteiger partial charge in [-0.15, -0.1) is 0 Å². The second-order valence-corrected chi connectivity index (χ2v) is 4.84. The van der Waals surface area contributed by atoms with Crippen LogP contribution in [-0.2, 0) is 0 Å². The van der Waals surface area contributed by atoms with Crippen molar-refractivity contribution in [2.45, 2.75) is 6.92 Å². The minimum atomic E-state index is -0.153. The van der Waals surface area contributed by atoms with Crippen LogP contribution in [0, 0.1) is 0 Å². The summed E-state index contributed by atoms with van der Waals surface area (Å²) in [6.45, 7) is 2.82. The predicted molar refractivity (Wildman–Crippen MR) is 80.5 cm³/mol. The molecule has 0 atom stereocenters. The normalized spacial score (nSPS) is 10.0. The molecule has 0 saturated carbocycles. The lowest BCUT2D eigenvalue weighted by Gasteiger charge is -2.06. The molecule has 1 aromatic carbocycles. The molecule has 0 aliphatic carbocycles. The molecule has 2 rings (SSSR count). The summed E-state index contributed by atoms with van der Waals surface area (Å²) in [6, 6.07) is 10.9. The summed E-state index contributed by atoms with van der Waals surface area (Å²) in [6.07, 6.45) is 1.63. The molecule has 2 aromatic rings. The average molecular weight is 320 g/mol. The molecule has 98 valence electrons. The van der Waals surface area contributed by atoms with Crippen LogP contribution in [0.2, 0.25) is 0 Å². The number of hydrogen-bond donors (Lipinski definition) is 2. The number of nitrogens with zero attached hydrogens (tertiary/aromatic N) is 1. The zero-order valence-corrected chi connectivity index (χ0v) is 12.1. The molecule has 2 N–H and O–H groups in total. The van der Waals surface area contributed by atoms with Crippen molar-refractivity contribution < 1.29 is 4.79 Å². The summed E-state index contributed by atoms with van der Waals surface area (Å²) in [5.74, 6) is 0.641. The van der Waals surface area contributed by atoms with Crippen molar-refractivity contribution in [2.75, 3.05) is 17.2 Å². The minimum absolute atomic E-state index is 0.153. The smallest absolute Gasteiger partial charge is 0.255 e. The fourth-order valence-electron chi connectivity index (χ4n) is 1.59. The number of anilines is 2. The highest BCUT2D eigenvalue weighted by Gasteiger charge is 2.06. The molecular formula is C14H14BrN3O. The van der Waals surface area contributed by atoms with Crippen LogP contribution in [0.5, 0.6) is 0 Å². The number of nitrogens with one attached hydrogen (secondary N) is 2. The summed E-state index contributed by atoms with van der Waals surface area (Å²) in [7, 11) is 0. The maximum absolute atomic E-state index is 12.0. The molecule has 0 unspecified atom stereocenters. The second kappa shape index (κ2) is 6.33. The number of hydrogen-bond acceptors (Lipinski definition) is 3. The van der Waals surface area contributed by atoms with Gasteiger partial charge in [-0.3, -0.25) is 4.79 Å². The van der Waals surface area contributed by atoms with Gasteiger partial charge in [-0.1, -0.05) is 22.0 Å². The fraction of sp³-hybridized carbons (Fsp3) is 0.143. The quantitative estimate of drug-likeness (QED) is 0.906. The van der Waals surface area contributed by atoms with Gasteiger partial charge in [0.2, 0.25) is 0 Å². The molecule has 1 aromatic heterocycles. The van der Waals surface area contributed by atoms with Crippen LogP contribution in [0.3, 0.4) is 0 Å². The van der Waals surface area contributed by atoms with E-state index in [4.69, 9.17) is 0 Å². The van der Waals surface area contributed by atoms with E-state index >= 15 is 0 Å². The van der Waals surface area contributed by atoms with E-state index in [9.17, 15) is 4.79 Å². The lowest BCUT2D eigenvalue weighted by atomic mass is 10.2. The first-order valence-electron chi connectivity index (χ1n) is 5.96. The highest BCUT2D eigenvalue weighted by Crippen LogP contribution is 2.14. The van der Waals surface area contributed by atoms with E-state index in [1.165, 1.54) is 0 Å². The first-order valence-corrected chi connectivity index (χ1v) is 6.75. The van der Waals surface area contributed by atoms with Crippen LogP contribution < -0.4 is 10.6 Å². The third-order valence-corrected chi connectivity index (χ3v) is 2.96. The van der Waals surface area contributed by atoms with Crippen molar-refractivity contribution >= 4 is 33.3 Å². The second-order valence-electron chi connectivity index (χ2n) is 3.93. The number of aromatic nitrogens is 1. The Balaban J connectivity index is 2.06. The zero-order chi connectivity index (χ0) is 13.7. The summed E-state index contributed by atoms with van der Waals surface area (Å²) < 4.78 is 0.876. The van der Waals surface area contributed by atoms with Crippen LogP contribution in [-0.4, -0.2) is 17.4 Å². The van der Waals surface area contributed by atoms with Gasteiger partial charge in [-0.25, -0.2) is 4.98 Å². The van der Waals surface area contributed by atoms with Crippen LogP contribution >= 0.6 is 15.9 Å². The van der Waals surface area contributed by atoms with E-state index < -0.39 is 0 Å². The monoisotopic (exact) mass is 319 g/mol. The molecule has 0 aliphatic rings. The Kier molecular flexibility index (Phi) is 4.52. The van der Waals surface area contributed by atoms with Gasteiger partial charge in [0.25, 0.3) is 5.91 Å². The van der Waals surface area contributed by atoms with Crippen molar-refractivity contribution in [3.8, 4) is 0 Å². The van der Waals surface area contributed by atoms with Gasteiger partial charge in [0.1, 0.15) is 5.82 Å². The van der Waals surface area contributed by atoms with Gasteiger partial charge in [0.15, 0.2) is 0 Å². The fourth-order valence-corrected chi connectivity index (χ4v) is 1.99. The maximum Gasteiger partial charge on any atom is 0.255 e. The van der Waals surface area contributed by atoms with Gasteiger partial charge in [-0.2, -0.15) is 0 Å². The van der Waals surface area contributed by atoms with Crippen molar-refractivity contribution in [2.24, 2.45) is 0 Å². The number of halogens is 1. The van der Waals surface area contributed by atoms with E-state index in [2.05, 4.69) is 31.5 Å². The van der Waals surface area contributed by atoms with E-state index in [1.807, 2.05) is 31.2 Å². The van der Waals surface area contributed by atoms with Crippen molar-refractivity contribution in [3.63, 3.8) is 0 Å². The molecule has 0 radical (unpaired) electrons. The van der Waals surface area contributed by atoms with E-state index in [0.717, 1.165) is 16.8 Å². The molecular weight excluding hydrogens is 306 g/mol. The van der Waals surface area contributed by atoms with Crippen molar-refractivity contribution in [1.82, 2.24) is 4.98 Å². The number of carbonyl (C=O) groups is 1. The molecule has 0 aliphatic heterocycles. The molecule has 0 spiro atoms. The molecule has 0 fully saturated rings. The number of benzene rings is 1. The van der Waals surface area contributed by atoms with Gasteiger partial charge < -0.3 is 10.6 Å². The van der Waals surface area contributed by atoms with Crippen LogP contribution in [0.1, 0.15) is 17.3 Å². The van der Waals surface area contributed by atoms with Gasteiger partial charge >= 0.3 is 0 Å². The van der Waals surface area contributed by atoms with Gasteiger partial charge in [0.05, 0.1) is 11.9 Å². The highest BCUT2D eigenvalue weighted by atomic mass is 79.9. The Bertz CT molecular complexity index is 569. The first kappa shape index (κ1) is 13.5. The number of amides is 1. The van der Waals surface area contributed by atoms with Crippen LogP contribution in [0.25, 0.3) is 0 Å². The van der Waals surface area contributed by atoms with Crippen molar-refractivity contribution in [3.05, 3.63) is 52.6 Å². The minimum Gasteiger partial charge on any atom is -0.370 e. The van der Waals surface area contributed by atoms with Crippen molar-refractivity contribution in [1.29, 1.82) is 0 Å². The lowest BCUT2D eigenvalue weighted by Crippen LogP contribution is -2.12. The molecule has 4 nitrogen and oxygen atoms in total. The van der Waals surface area contributed by atoms with Crippen LogP contribution in [0.4, 0.5) is 11.5 Å². The van der Waals surface area contributed by atoms with Crippen LogP contribution in [0.15, 0.2) is 47.1 Å². The Morgan fingerprint density at radius 2 is 2.16 bits per heavy atom. The summed E-state index contributed by atoms with van der Waals surface area (Å²) in [4.78, 5) is 16.2. The molecule has 5 heteroatoms. The molecule has 0 saturated heterocycles. The van der Waals surface area contributed by atoms with Gasteiger partial charge in [-0.05, 0) is 37.3 Å². The van der Waals surface area contributed by atoms with E-state index in [0.29, 0.717) is 11.3 Å². The summed E-state index contributed by atoms with van der Waals surface area (Å²) >= 11 is 3.34. The maximum atomic E-state index is 12.0. The third-order valence-electron chi connectivity index (χ3n) is 2.47. The topological polar surface area (TPSA) is 54.0 Å². The SMILES string of the molecule is CCNc1ccc(NC(=O)c2cccc(Br)c2)cn1. The standard InChI is InChI=1S/C14H14BrN3O/c1-2-16-13-7-6-12(9-17-13)18-14(19)10-4-3-5-11(15)8-10/h3-9H,2H2,1H3,(H,16,17)(H,18,19). The molecule has 1 heterocycles. The van der Waals surface area contributed by atoms with Gasteiger partial charge in [0, 0.05) is 16.6 Å². The largest absolute Gasteiger partial charge is 0.370 e. The predicted octanol–water partition coefficient (Wildman–Crippen LogP) is 3.53. The third kappa shape index (κ3) is 3.79. The highest BCUT2D eigenvalue weighted by molar-refractivity contribution is 9.10. The molecule has 0 bridgehead atoms. The average Bonchev–Trinajstić information content (AvgIpc) is 2.41. The Morgan fingerprint density at radius 3 is 2.79 bits per heavy atom. The van der Waals surface area contributed by atoms with E-state index in [1.54, 1.807) is 18.3 Å². The number of carbonyl (C=O) groups excluding carboxylic acids is 1. The number of rotatable bonds is 4. The molecule has 19 heavy (non-hydrogen) atoms. The lowest BCUT2D eigenvalue weighted by molar-refractivity contribution is 0.102. The Hall–Kier alpha value is -1.88. The number of pyridine rings is 1. The summed E-state index contributed by atoms with van der Waals surface area (Å²) in [5.41, 5.74) is 1.27. The molecule has 1 amide bonds. The Morgan fingerprint density at radius 1 is 1.32 bits per heavy atom.